The standard InChI is InChI=1S/C16H16Br2ClNO/c1-3-21-11-5-6-12(13(17)9-11)16(20-2)10-4-7-15(19)14(18)8-10/h4-9,16,20H,3H2,1-2H3. The van der Waals surface area contributed by atoms with Crippen molar-refractivity contribution in [3.05, 3.63) is 61.5 Å². The van der Waals surface area contributed by atoms with Crippen molar-refractivity contribution in [1.29, 1.82) is 0 Å². The molecule has 5 heteroatoms. The third-order valence-electron chi connectivity index (χ3n) is 3.16. The van der Waals surface area contributed by atoms with E-state index in [0.717, 1.165) is 25.8 Å². The van der Waals surface area contributed by atoms with Gasteiger partial charge in [0.05, 0.1) is 17.7 Å². The van der Waals surface area contributed by atoms with E-state index in [2.05, 4.69) is 43.2 Å². The van der Waals surface area contributed by atoms with E-state index < -0.39 is 0 Å². The third kappa shape index (κ3) is 4.01. The van der Waals surface area contributed by atoms with Gasteiger partial charge in [0.25, 0.3) is 0 Å². The Labute approximate surface area is 147 Å². The predicted molar refractivity (Wildman–Crippen MR) is 95.4 cm³/mol. The molecule has 112 valence electrons. The Hall–Kier alpha value is -0.550. The van der Waals surface area contributed by atoms with Crippen LogP contribution in [0.25, 0.3) is 0 Å². The summed E-state index contributed by atoms with van der Waals surface area (Å²) in [4.78, 5) is 0. The van der Waals surface area contributed by atoms with E-state index in [0.29, 0.717) is 11.6 Å². The zero-order chi connectivity index (χ0) is 15.4. The quantitative estimate of drug-likeness (QED) is 0.665. The minimum atomic E-state index is 0.0728. The topological polar surface area (TPSA) is 21.3 Å². The van der Waals surface area contributed by atoms with Crippen molar-refractivity contribution in [3.63, 3.8) is 0 Å². The Morgan fingerprint density at radius 3 is 2.48 bits per heavy atom. The molecule has 21 heavy (non-hydrogen) atoms. The van der Waals surface area contributed by atoms with Crippen LogP contribution in [0, 0.1) is 0 Å². The molecule has 0 aliphatic heterocycles. The summed E-state index contributed by atoms with van der Waals surface area (Å²) in [5, 5.41) is 4.05. The lowest BCUT2D eigenvalue weighted by atomic mass is 9.99. The van der Waals surface area contributed by atoms with E-state index in [4.69, 9.17) is 16.3 Å². The van der Waals surface area contributed by atoms with Gasteiger partial charge in [0, 0.05) is 8.95 Å². The smallest absolute Gasteiger partial charge is 0.120 e. The van der Waals surface area contributed by atoms with E-state index in [1.807, 2.05) is 44.3 Å². The molecule has 0 spiro atoms. The highest BCUT2D eigenvalue weighted by Gasteiger charge is 2.16. The summed E-state index contributed by atoms with van der Waals surface area (Å²) in [6, 6.07) is 12.1. The van der Waals surface area contributed by atoms with E-state index in [-0.39, 0.29) is 6.04 Å². The Balaban J connectivity index is 2.38. The highest BCUT2D eigenvalue weighted by molar-refractivity contribution is 9.10. The molecule has 0 saturated carbocycles. The predicted octanol–water partition coefficient (Wildman–Crippen LogP) is 5.57. The highest BCUT2D eigenvalue weighted by Crippen LogP contribution is 2.33. The fraction of sp³-hybridized carbons (Fsp3) is 0.250. The first kappa shape index (κ1) is 16.8. The highest BCUT2D eigenvalue weighted by atomic mass is 79.9. The van der Waals surface area contributed by atoms with E-state index in [1.165, 1.54) is 0 Å². The SMILES string of the molecule is CCOc1ccc(C(NC)c2ccc(Cl)c(Br)c2)c(Br)c1. The normalized spacial score (nSPS) is 12.2. The van der Waals surface area contributed by atoms with E-state index >= 15 is 0 Å². The van der Waals surface area contributed by atoms with Crippen molar-refractivity contribution in [2.75, 3.05) is 13.7 Å². The number of benzene rings is 2. The van der Waals surface area contributed by atoms with Crippen molar-refractivity contribution in [1.82, 2.24) is 5.32 Å². The number of hydrogen-bond acceptors (Lipinski definition) is 2. The van der Waals surface area contributed by atoms with Gasteiger partial charge in [-0.3, -0.25) is 0 Å². The third-order valence-corrected chi connectivity index (χ3v) is 5.06. The minimum Gasteiger partial charge on any atom is -0.494 e. The molecule has 0 heterocycles. The molecule has 2 aromatic carbocycles. The van der Waals surface area contributed by atoms with Gasteiger partial charge in [-0.15, -0.1) is 0 Å². The monoisotopic (exact) mass is 431 g/mol. The second-order valence-electron chi connectivity index (χ2n) is 4.51. The lowest BCUT2D eigenvalue weighted by Crippen LogP contribution is -2.18. The van der Waals surface area contributed by atoms with Crippen LogP contribution in [0.4, 0.5) is 0 Å². The van der Waals surface area contributed by atoms with Crippen LogP contribution >= 0.6 is 43.5 Å². The van der Waals surface area contributed by atoms with Gasteiger partial charge in [0.15, 0.2) is 0 Å². The Bertz CT molecular complexity index is 634. The van der Waals surface area contributed by atoms with Crippen molar-refractivity contribution < 1.29 is 4.74 Å². The fourth-order valence-corrected chi connectivity index (χ4v) is 3.29. The first-order valence-corrected chi connectivity index (χ1v) is 8.57. The molecule has 2 aromatic rings. The maximum Gasteiger partial charge on any atom is 0.120 e. The average Bonchev–Trinajstić information content (AvgIpc) is 2.46. The van der Waals surface area contributed by atoms with Crippen molar-refractivity contribution in [3.8, 4) is 5.75 Å². The summed E-state index contributed by atoms with van der Waals surface area (Å²) < 4.78 is 7.43. The van der Waals surface area contributed by atoms with Crippen LogP contribution in [0.2, 0.25) is 5.02 Å². The maximum atomic E-state index is 6.07. The summed E-state index contributed by atoms with van der Waals surface area (Å²) in [6.45, 7) is 2.63. The second kappa shape index (κ2) is 7.63. The van der Waals surface area contributed by atoms with Gasteiger partial charge in [0.2, 0.25) is 0 Å². The first-order valence-electron chi connectivity index (χ1n) is 6.61. The zero-order valence-electron chi connectivity index (χ0n) is 11.8. The van der Waals surface area contributed by atoms with Gasteiger partial charge in [-0.1, -0.05) is 39.7 Å². The van der Waals surface area contributed by atoms with Crippen LogP contribution in [0.1, 0.15) is 24.1 Å². The molecule has 0 aliphatic rings. The van der Waals surface area contributed by atoms with E-state index in [9.17, 15) is 0 Å². The summed E-state index contributed by atoms with van der Waals surface area (Å²) in [6.07, 6.45) is 0. The van der Waals surface area contributed by atoms with Crippen molar-refractivity contribution in [2.45, 2.75) is 13.0 Å². The number of nitrogens with one attached hydrogen (secondary N) is 1. The molecule has 2 nitrogen and oxygen atoms in total. The summed E-state index contributed by atoms with van der Waals surface area (Å²) in [5.41, 5.74) is 2.29. The summed E-state index contributed by atoms with van der Waals surface area (Å²) >= 11 is 13.2. The van der Waals surface area contributed by atoms with Crippen molar-refractivity contribution in [2.24, 2.45) is 0 Å². The number of ether oxygens (including phenoxy) is 1. The largest absolute Gasteiger partial charge is 0.494 e. The average molecular weight is 434 g/mol. The van der Waals surface area contributed by atoms with Gasteiger partial charge in [-0.2, -0.15) is 0 Å². The Morgan fingerprint density at radius 2 is 1.90 bits per heavy atom. The molecule has 0 saturated heterocycles. The van der Waals surface area contributed by atoms with Gasteiger partial charge < -0.3 is 10.1 Å². The van der Waals surface area contributed by atoms with Crippen LogP contribution in [-0.2, 0) is 0 Å². The number of hydrogen-bond donors (Lipinski definition) is 1. The molecule has 0 aromatic heterocycles. The second-order valence-corrected chi connectivity index (χ2v) is 6.63. The minimum absolute atomic E-state index is 0.0728. The van der Waals surface area contributed by atoms with E-state index in [1.54, 1.807) is 0 Å². The van der Waals surface area contributed by atoms with Gasteiger partial charge >= 0.3 is 0 Å². The van der Waals surface area contributed by atoms with Crippen LogP contribution < -0.4 is 10.1 Å². The first-order chi connectivity index (χ1) is 10.1. The molecule has 1 N–H and O–H groups in total. The molecule has 0 aliphatic carbocycles. The zero-order valence-corrected chi connectivity index (χ0v) is 15.7. The number of halogens is 3. The van der Waals surface area contributed by atoms with Crippen LogP contribution in [0.3, 0.4) is 0 Å². The maximum absolute atomic E-state index is 6.07. The molecule has 1 unspecified atom stereocenters. The molecule has 2 rings (SSSR count). The molecule has 1 atom stereocenters. The molecule has 0 fully saturated rings. The Kier molecular flexibility index (Phi) is 6.11. The van der Waals surface area contributed by atoms with Crippen LogP contribution in [0.15, 0.2) is 45.3 Å². The molecule has 0 amide bonds. The Morgan fingerprint density at radius 1 is 1.14 bits per heavy atom. The summed E-state index contributed by atoms with van der Waals surface area (Å²) in [7, 11) is 1.94. The van der Waals surface area contributed by atoms with Crippen molar-refractivity contribution >= 4 is 43.5 Å². The molecule has 0 radical (unpaired) electrons. The van der Waals surface area contributed by atoms with Crippen LogP contribution in [-0.4, -0.2) is 13.7 Å². The molecule has 0 bridgehead atoms. The van der Waals surface area contributed by atoms with Gasteiger partial charge in [-0.05, 0) is 65.3 Å². The van der Waals surface area contributed by atoms with Crippen LogP contribution in [0.5, 0.6) is 5.75 Å². The number of rotatable bonds is 5. The fourth-order valence-electron chi connectivity index (χ4n) is 2.19. The summed E-state index contributed by atoms with van der Waals surface area (Å²) in [5.74, 6) is 0.861. The van der Waals surface area contributed by atoms with Gasteiger partial charge in [-0.25, -0.2) is 0 Å². The molecular formula is C16H16Br2ClNO. The molecular weight excluding hydrogens is 417 g/mol. The lowest BCUT2D eigenvalue weighted by molar-refractivity contribution is 0.340. The van der Waals surface area contributed by atoms with Gasteiger partial charge in [0.1, 0.15) is 5.75 Å². The lowest BCUT2D eigenvalue weighted by Gasteiger charge is -2.20.